The van der Waals surface area contributed by atoms with Gasteiger partial charge in [-0.25, -0.2) is 9.18 Å². The first-order valence-electron chi connectivity index (χ1n) is 7.13. The number of benzene rings is 1. The number of aromatic nitrogens is 1. The van der Waals surface area contributed by atoms with Gasteiger partial charge >= 0.3 is 5.97 Å². The number of esters is 1. The second-order valence-corrected chi connectivity index (χ2v) is 5.37. The molecule has 1 aromatic heterocycles. The lowest BCUT2D eigenvalue weighted by atomic mass is 10.2. The van der Waals surface area contributed by atoms with Crippen LogP contribution in [-0.4, -0.2) is 29.0 Å². The van der Waals surface area contributed by atoms with E-state index in [4.69, 9.17) is 16.3 Å². The predicted molar refractivity (Wildman–Crippen MR) is 89.3 cm³/mol. The molecular weight excluding hydrogens is 351 g/mol. The van der Waals surface area contributed by atoms with Gasteiger partial charge in [-0.1, -0.05) is 17.7 Å². The number of aryl methyl sites for hydroxylation is 1. The van der Waals surface area contributed by atoms with Crippen molar-refractivity contribution in [2.24, 2.45) is 7.05 Å². The number of nitrogens with zero attached hydrogens (tertiary/aromatic N) is 1. The summed E-state index contributed by atoms with van der Waals surface area (Å²) < 4.78 is 19.8. The van der Waals surface area contributed by atoms with Gasteiger partial charge in [-0.15, -0.1) is 0 Å². The van der Waals surface area contributed by atoms with Gasteiger partial charge in [0.25, 0.3) is 11.8 Å². The van der Waals surface area contributed by atoms with Crippen LogP contribution >= 0.6 is 11.6 Å². The van der Waals surface area contributed by atoms with Crippen LogP contribution in [0.5, 0.6) is 0 Å². The molecule has 2 amide bonds. The van der Waals surface area contributed by atoms with E-state index in [9.17, 15) is 18.8 Å². The average Bonchev–Trinajstić information content (AvgIpc) is 2.98. The molecule has 0 aliphatic rings. The molecule has 25 heavy (non-hydrogen) atoms. The molecule has 0 atom stereocenters. The number of hydrogen-bond acceptors (Lipinski definition) is 4. The highest BCUT2D eigenvalue weighted by molar-refractivity contribution is 6.32. The van der Waals surface area contributed by atoms with Crippen LogP contribution in [0.25, 0.3) is 6.08 Å². The van der Waals surface area contributed by atoms with Gasteiger partial charge in [-0.2, -0.15) is 0 Å². The second-order valence-electron chi connectivity index (χ2n) is 4.96. The topological polar surface area (TPSA) is 77.4 Å². The number of hydrogen-bond donors (Lipinski definition) is 1. The summed E-state index contributed by atoms with van der Waals surface area (Å²) >= 11 is 5.81. The minimum Gasteiger partial charge on any atom is -0.452 e. The van der Waals surface area contributed by atoms with E-state index in [-0.39, 0.29) is 16.3 Å². The lowest BCUT2D eigenvalue weighted by Gasteiger charge is -2.05. The molecule has 0 aliphatic heterocycles. The molecule has 0 spiro atoms. The summed E-state index contributed by atoms with van der Waals surface area (Å²) in [7, 11) is 1.65. The normalized spacial score (nSPS) is 10.7. The predicted octanol–water partition coefficient (Wildman–Crippen LogP) is 2.33. The average molecular weight is 365 g/mol. The molecule has 0 bridgehead atoms. The van der Waals surface area contributed by atoms with E-state index < -0.39 is 30.2 Å². The Hall–Kier alpha value is -2.93. The van der Waals surface area contributed by atoms with Crippen molar-refractivity contribution in [3.63, 3.8) is 0 Å². The van der Waals surface area contributed by atoms with Crippen LogP contribution < -0.4 is 5.32 Å². The van der Waals surface area contributed by atoms with Crippen molar-refractivity contribution in [2.75, 3.05) is 6.61 Å². The van der Waals surface area contributed by atoms with E-state index >= 15 is 0 Å². The molecule has 8 heteroatoms. The molecule has 6 nitrogen and oxygen atoms in total. The van der Waals surface area contributed by atoms with E-state index in [1.165, 1.54) is 28.8 Å². The minimum atomic E-state index is -0.874. The molecule has 0 fully saturated rings. The third-order valence-corrected chi connectivity index (χ3v) is 3.49. The van der Waals surface area contributed by atoms with Crippen molar-refractivity contribution in [1.82, 2.24) is 9.88 Å². The molecule has 1 N–H and O–H groups in total. The number of carbonyl (C=O) groups excluding carboxylic acids is 3. The maximum atomic E-state index is 13.5. The van der Waals surface area contributed by atoms with Gasteiger partial charge in [0, 0.05) is 24.9 Å². The SMILES string of the molecule is Cn1cccc1C(=O)NC(=O)COC(=O)/C=C/c1c(F)cccc1Cl. The molecule has 0 unspecified atom stereocenters. The molecule has 2 rings (SSSR count). The van der Waals surface area contributed by atoms with Gasteiger partial charge in [-0.3, -0.25) is 14.9 Å². The zero-order chi connectivity index (χ0) is 18.4. The summed E-state index contributed by atoms with van der Waals surface area (Å²) in [4.78, 5) is 35.0. The number of carbonyl (C=O) groups is 3. The molecule has 0 radical (unpaired) electrons. The lowest BCUT2D eigenvalue weighted by molar-refractivity contribution is -0.143. The zero-order valence-corrected chi connectivity index (χ0v) is 13.9. The number of rotatable bonds is 5. The molecule has 0 saturated carbocycles. The van der Waals surface area contributed by atoms with Crippen molar-refractivity contribution in [3.8, 4) is 0 Å². The fourth-order valence-corrected chi connectivity index (χ4v) is 2.16. The summed E-state index contributed by atoms with van der Waals surface area (Å²) in [6.07, 6.45) is 3.74. The third-order valence-electron chi connectivity index (χ3n) is 3.16. The first-order valence-corrected chi connectivity index (χ1v) is 7.50. The van der Waals surface area contributed by atoms with Crippen LogP contribution in [0.4, 0.5) is 4.39 Å². The number of nitrogens with one attached hydrogen (secondary N) is 1. The summed E-state index contributed by atoms with van der Waals surface area (Å²) in [5.74, 6) is -2.86. The molecule has 2 aromatic rings. The fraction of sp³-hybridized carbons (Fsp3) is 0.118. The molecular formula is C17H14ClFN2O4. The lowest BCUT2D eigenvalue weighted by Crippen LogP contribution is -2.34. The summed E-state index contributed by atoms with van der Waals surface area (Å²) in [6, 6.07) is 7.28. The summed E-state index contributed by atoms with van der Waals surface area (Å²) in [5.41, 5.74) is 0.318. The third kappa shape index (κ3) is 5.02. The van der Waals surface area contributed by atoms with E-state index in [1.807, 2.05) is 0 Å². The van der Waals surface area contributed by atoms with Crippen LogP contribution in [0.3, 0.4) is 0 Å². The highest BCUT2D eigenvalue weighted by atomic mass is 35.5. The van der Waals surface area contributed by atoms with E-state index in [2.05, 4.69) is 5.32 Å². The molecule has 1 heterocycles. The smallest absolute Gasteiger partial charge is 0.331 e. The second kappa shape index (κ2) is 8.25. The first-order chi connectivity index (χ1) is 11.9. The highest BCUT2D eigenvalue weighted by Crippen LogP contribution is 2.20. The van der Waals surface area contributed by atoms with Gasteiger partial charge in [0.15, 0.2) is 6.61 Å². The maximum absolute atomic E-state index is 13.5. The van der Waals surface area contributed by atoms with Gasteiger partial charge in [-0.05, 0) is 30.3 Å². The Morgan fingerprint density at radius 2 is 2.04 bits per heavy atom. The molecule has 0 aliphatic carbocycles. The van der Waals surface area contributed by atoms with Crippen molar-refractivity contribution >= 4 is 35.5 Å². The van der Waals surface area contributed by atoms with Crippen molar-refractivity contribution in [3.05, 3.63) is 64.7 Å². The van der Waals surface area contributed by atoms with E-state index in [1.54, 1.807) is 19.3 Å². The first kappa shape index (κ1) is 18.4. The Balaban J connectivity index is 1.85. The fourth-order valence-electron chi connectivity index (χ4n) is 1.93. The monoisotopic (exact) mass is 364 g/mol. The van der Waals surface area contributed by atoms with E-state index in [0.717, 1.165) is 12.2 Å². The number of ether oxygens (including phenoxy) is 1. The maximum Gasteiger partial charge on any atom is 0.331 e. The van der Waals surface area contributed by atoms with Crippen LogP contribution in [0.2, 0.25) is 5.02 Å². The van der Waals surface area contributed by atoms with Gasteiger partial charge in [0.1, 0.15) is 11.5 Å². The Morgan fingerprint density at radius 1 is 1.28 bits per heavy atom. The number of halogens is 2. The number of amides is 2. The van der Waals surface area contributed by atoms with Crippen LogP contribution in [-0.2, 0) is 21.4 Å². The van der Waals surface area contributed by atoms with Crippen molar-refractivity contribution in [2.45, 2.75) is 0 Å². The van der Waals surface area contributed by atoms with Crippen LogP contribution in [0.1, 0.15) is 16.1 Å². The van der Waals surface area contributed by atoms with Gasteiger partial charge in [0.2, 0.25) is 0 Å². The quantitative estimate of drug-likeness (QED) is 0.652. The molecule has 130 valence electrons. The summed E-state index contributed by atoms with van der Waals surface area (Å²) in [5, 5.41) is 2.22. The molecule has 0 saturated heterocycles. The van der Waals surface area contributed by atoms with Gasteiger partial charge < -0.3 is 9.30 Å². The Bertz CT molecular complexity index is 825. The highest BCUT2D eigenvalue weighted by Gasteiger charge is 2.14. The number of imide groups is 1. The van der Waals surface area contributed by atoms with E-state index in [0.29, 0.717) is 0 Å². The summed E-state index contributed by atoms with van der Waals surface area (Å²) in [6.45, 7) is -0.648. The van der Waals surface area contributed by atoms with Gasteiger partial charge in [0.05, 0.1) is 5.02 Å². The zero-order valence-electron chi connectivity index (χ0n) is 13.2. The van der Waals surface area contributed by atoms with Crippen LogP contribution in [0, 0.1) is 5.82 Å². The standard InChI is InChI=1S/C17H14ClFN2O4/c1-21-9-3-6-14(21)17(24)20-15(22)10-25-16(23)8-7-11-12(18)4-2-5-13(11)19/h2-9H,10H2,1H3,(H,20,22,24)/b8-7+. The minimum absolute atomic E-state index is 0.0319. The van der Waals surface area contributed by atoms with Crippen LogP contribution in [0.15, 0.2) is 42.6 Å². The van der Waals surface area contributed by atoms with Crippen molar-refractivity contribution in [1.29, 1.82) is 0 Å². The Labute approximate surface area is 147 Å². The van der Waals surface area contributed by atoms with Crippen molar-refractivity contribution < 1.29 is 23.5 Å². The molecule has 1 aromatic carbocycles. The largest absolute Gasteiger partial charge is 0.452 e. The Kier molecular flexibility index (Phi) is 6.08. The Morgan fingerprint density at radius 3 is 2.68 bits per heavy atom.